The Morgan fingerprint density at radius 3 is 2.52 bits per heavy atom. The van der Waals surface area contributed by atoms with Gasteiger partial charge in [-0.25, -0.2) is 0 Å². The van der Waals surface area contributed by atoms with Crippen LogP contribution in [0.25, 0.3) is 11.0 Å². The second kappa shape index (κ2) is 6.07. The Labute approximate surface area is 136 Å². The number of rotatable bonds is 5. The Balaban J connectivity index is 2.00. The third kappa shape index (κ3) is 2.96. The lowest BCUT2D eigenvalue weighted by Gasteiger charge is -2.24. The highest BCUT2D eigenvalue weighted by molar-refractivity contribution is 5.84. The molecule has 0 unspecified atom stereocenters. The van der Waals surface area contributed by atoms with E-state index in [4.69, 9.17) is 4.52 Å². The topological polar surface area (TPSA) is 46.3 Å². The fourth-order valence-electron chi connectivity index (χ4n) is 3.13. The van der Waals surface area contributed by atoms with Crippen molar-refractivity contribution in [1.29, 1.82) is 0 Å². The average Bonchev–Trinajstić information content (AvgIpc) is 2.93. The van der Waals surface area contributed by atoms with Gasteiger partial charge in [-0.2, -0.15) is 0 Å². The lowest BCUT2D eigenvalue weighted by Crippen LogP contribution is -2.20. The quantitative estimate of drug-likeness (QED) is 0.721. The molecular weight excluding hydrogens is 286 g/mol. The number of hydrogen-bond donors (Lipinski definition) is 1. The van der Waals surface area contributed by atoms with Gasteiger partial charge in [0.2, 0.25) is 0 Å². The number of aromatic hydroxyl groups is 1. The molecule has 0 saturated heterocycles. The molecule has 3 nitrogen and oxygen atoms in total. The highest BCUT2D eigenvalue weighted by Crippen LogP contribution is 2.34. The Morgan fingerprint density at radius 2 is 1.83 bits per heavy atom. The molecule has 0 aliphatic rings. The lowest BCUT2D eigenvalue weighted by molar-refractivity contribution is 0.421. The number of hydrogen-bond acceptors (Lipinski definition) is 3. The van der Waals surface area contributed by atoms with E-state index >= 15 is 0 Å². The van der Waals surface area contributed by atoms with Crippen molar-refractivity contribution < 1.29 is 9.63 Å². The van der Waals surface area contributed by atoms with Gasteiger partial charge in [0, 0.05) is 17.4 Å². The Bertz CT molecular complexity index is 803. The first-order valence-electron chi connectivity index (χ1n) is 8.17. The molecule has 120 valence electrons. The summed E-state index contributed by atoms with van der Waals surface area (Å²) >= 11 is 0. The van der Waals surface area contributed by atoms with Crippen LogP contribution in [0.2, 0.25) is 0 Å². The van der Waals surface area contributed by atoms with Gasteiger partial charge >= 0.3 is 0 Å². The summed E-state index contributed by atoms with van der Waals surface area (Å²) in [5.74, 6) is 0.296. The zero-order valence-corrected chi connectivity index (χ0v) is 14.0. The maximum Gasteiger partial charge on any atom is 0.174 e. The number of phenolic OH excluding ortho intramolecular Hbond substituents is 1. The molecule has 0 radical (unpaired) electrons. The summed E-state index contributed by atoms with van der Waals surface area (Å²) in [6.07, 6.45) is 2.54. The van der Waals surface area contributed by atoms with Crippen LogP contribution in [0.4, 0.5) is 0 Å². The summed E-state index contributed by atoms with van der Waals surface area (Å²) in [6, 6.07) is 14.1. The SMILES string of the molecule is CCCc1c(O)ccc2c(CC(C)(C)c3ccccc3)noc12. The number of aryl methyl sites for hydroxylation is 1. The average molecular weight is 309 g/mol. The number of phenols is 1. The second-order valence-corrected chi connectivity index (χ2v) is 6.75. The van der Waals surface area contributed by atoms with E-state index in [-0.39, 0.29) is 5.41 Å². The smallest absolute Gasteiger partial charge is 0.174 e. The maximum absolute atomic E-state index is 10.1. The van der Waals surface area contributed by atoms with Gasteiger partial charge in [0.15, 0.2) is 5.58 Å². The molecule has 2 aromatic carbocycles. The predicted octanol–water partition coefficient (Wildman–Crippen LogP) is 5.01. The van der Waals surface area contributed by atoms with Crippen LogP contribution < -0.4 is 0 Å². The molecule has 0 saturated carbocycles. The summed E-state index contributed by atoms with van der Waals surface area (Å²) in [5.41, 5.74) is 3.79. The molecule has 1 N–H and O–H groups in total. The van der Waals surface area contributed by atoms with Crippen LogP contribution in [0, 0.1) is 0 Å². The number of nitrogens with zero attached hydrogens (tertiary/aromatic N) is 1. The zero-order chi connectivity index (χ0) is 16.4. The molecule has 0 amide bonds. The predicted molar refractivity (Wildman–Crippen MR) is 92.8 cm³/mol. The molecule has 0 atom stereocenters. The molecule has 1 heterocycles. The minimum Gasteiger partial charge on any atom is -0.508 e. The van der Waals surface area contributed by atoms with E-state index in [9.17, 15) is 5.11 Å². The van der Waals surface area contributed by atoms with Crippen molar-refractivity contribution >= 4 is 11.0 Å². The summed E-state index contributed by atoms with van der Waals surface area (Å²) in [6.45, 7) is 6.53. The molecule has 3 aromatic rings. The number of fused-ring (bicyclic) bond motifs is 1. The van der Waals surface area contributed by atoms with Crippen molar-refractivity contribution in [3.05, 3.63) is 59.3 Å². The van der Waals surface area contributed by atoms with Gasteiger partial charge in [0.1, 0.15) is 5.75 Å². The second-order valence-electron chi connectivity index (χ2n) is 6.75. The van der Waals surface area contributed by atoms with Crippen molar-refractivity contribution in [2.75, 3.05) is 0 Å². The first kappa shape index (κ1) is 15.6. The van der Waals surface area contributed by atoms with E-state index in [0.717, 1.165) is 41.5 Å². The van der Waals surface area contributed by atoms with Gasteiger partial charge in [-0.05, 0) is 29.5 Å². The molecule has 23 heavy (non-hydrogen) atoms. The van der Waals surface area contributed by atoms with Gasteiger partial charge in [-0.15, -0.1) is 0 Å². The van der Waals surface area contributed by atoms with Gasteiger partial charge in [-0.3, -0.25) is 0 Å². The number of benzene rings is 2. The summed E-state index contributed by atoms with van der Waals surface area (Å²) in [7, 11) is 0. The van der Waals surface area contributed by atoms with E-state index in [1.807, 2.05) is 12.1 Å². The molecule has 0 aliphatic carbocycles. The Morgan fingerprint density at radius 1 is 1.09 bits per heavy atom. The van der Waals surface area contributed by atoms with Crippen LogP contribution in [0.1, 0.15) is 44.0 Å². The largest absolute Gasteiger partial charge is 0.508 e. The lowest BCUT2D eigenvalue weighted by atomic mass is 9.80. The van der Waals surface area contributed by atoms with E-state index in [1.54, 1.807) is 6.07 Å². The third-order valence-corrected chi connectivity index (χ3v) is 4.46. The molecule has 0 aliphatic heterocycles. The van der Waals surface area contributed by atoms with Crippen molar-refractivity contribution in [3.63, 3.8) is 0 Å². The van der Waals surface area contributed by atoms with E-state index in [2.05, 4.69) is 50.2 Å². The summed E-state index contributed by atoms with van der Waals surface area (Å²) < 4.78 is 5.59. The minimum atomic E-state index is -0.0339. The van der Waals surface area contributed by atoms with Crippen molar-refractivity contribution in [2.45, 2.75) is 45.4 Å². The normalized spacial score (nSPS) is 12.0. The van der Waals surface area contributed by atoms with Crippen molar-refractivity contribution in [1.82, 2.24) is 5.16 Å². The summed E-state index contributed by atoms with van der Waals surface area (Å²) in [4.78, 5) is 0. The molecule has 0 fully saturated rings. The molecule has 1 aromatic heterocycles. The van der Waals surface area contributed by atoms with Gasteiger partial charge in [0.05, 0.1) is 5.69 Å². The van der Waals surface area contributed by atoms with E-state index in [1.165, 1.54) is 5.56 Å². The molecular formula is C20H23NO2. The minimum absolute atomic E-state index is 0.0339. The highest BCUT2D eigenvalue weighted by atomic mass is 16.5. The van der Waals surface area contributed by atoms with Crippen molar-refractivity contribution in [2.24, 2.45) is 0 Å². The molecule has 0 bridgehead atoms. The standard InChI is InChI=1S/C20H23NO2/c1-4-8-16-18(22)12-11-15-17(21-23-19(15)16)13-20(2,3)14-9-6-5-7-10-14/h5-7,9-12,22H,4,8,13H2,1-3H3. The Hall–Kier alpha value is -2.29. The van der Waals surface area contributed by atoms with Crippen LogP contribution >= 0.6 is 0 Å². The van der Waals surface area contributed by atoms with E-state index < -0.39 is 0 Å². The van der Waals surface area contributed by atoms with Crippen LogP contribution in [0.15, 0.2) is 47.0 Å². The number of aromatic nitrogens is 1. The highest BCUT2D eigenvalue weighted by Gasteiger charge is 2.25. The van der Waals surface area contributed by atoms with Crippen LogP contribution in [0.3, 0.4) is 0 Å². The monoisotopic (exact) mass is 309 g/mol. The van der Waals surface area contributed by atoms with Crippen LogP contribution in [-0.4, -0.2) is 10.3 Å². The first-order valence-corrected chi connectivity index (χ1v) is 8.17. The Kier molecular flexibility index (Phi) is 4.12. The third-order valence-electron chi connectivity index (χ3n) is 4.46. The van der Waals surface area contributed by atoms with Crippen molar-refractivity contribution in [3.8, 4) is 5.75 Å². The molecule has 3 rings (SSSR count). The maximum atomic E-state index is 10.1. The first-order chi connectivity index (χ1) is 11.0. The zero-order valence-electron chi connectivity index (χ0n) is 14.0. The van der Waals surface area contributed by atoms with Crippen LogP contribution in [0.5, 0.6) is 5.75 Å². The van der Waals surface area contributed by atoms with Crippen LogP contribution in [-0.2, 0) is 18.3 Å². The van der Waals surface area contributed by atoms with E-state index in [0.29, 0.717) is 5.75 Å². The van der Waals surface area contributed by atoms with Gasteiger partial charge < -0.3 is 9.63 Å². The summed E-state index contributed by atoms with van der Waals surface area (Å²) in [5, 5.41) is 15.4. The van der Waals surface area contributed by atoms with Gasteiger partial charge in [0.25, 0.3) is 0 Å². The van der Waals surface area contributed by atoms with Gasteiger partial charge in [-0.1, -0.05) is 62.7 Å². The fraction of sp³-hybridized carbons (Fsp3) is 0.350. The fourth-order valence-corrected chi connectivity index (χ4v) is 3.13. The molecule has 3 heteroatoms. The molecule has 0 spiro atoms.